The maximum absolute atomic E-state index is 13.0. The maximum atomic E-state index is 13.0. The summed E-state index contributed by atoms with van der Waals surface area (Å²) in [7, 11) is -3.65. The van der Waals surface area contributed by atoms with Crippen LogP contribution in [0.2, 0.25) is 15.1 Å². The summed E-state index contributed by atoms with van der Waals surface area (Å²) in [6, 6.07) is 10.1. The van der Waals surface area contributed by atoms with Gasteiger partial charge < -0.3 is 4.90 Å². The highest BCUT2D eigenvalue weighted by Gasteiger charge is 2.31. The van der Waals surface area contributed by atoms with E-state index in [2.05, 4.69) is 25.8 Å². The van der Waals surface area contributed by atoms with Crippen LogP contribution in [0.5, 0.6) is 0 Å². The van der Waals surface area contributed by atoms with Gasteiger partial charge in [-0.05, 0) is 36.4 Å². The summed E-state index contributed by atoms with van der Waals surface area (Å²) >= 11 is 23.2. The first-order valence-electron chi connectivity index (χ1n) is 8.86. The van der Waals surface area contributed by atoms with Gasteiger partial charge in [0.2, 0.25) is 10.0 Å². The lowest BCUT2D eigenvalue weighted by molar-refractivity contribution is 0.385. The van der Waals surface area contributed by atoms with Gasteiger partial charge in [0.05, 0.1) is 10.7 Å². The Bertz CT molecular complexity index is 1180. The zero-order valence-corrected chi connectivity index (χ0v) is 20.8. The summed E-state index contributed by atoms with van der Waals surface area (Å²) in [5.41, 5.74) is 1.64. The van der Waals surface area contributed by atoms with E-state index >= 15 is 0 Å². The molecular weight excluding hydrogens is 553 g/mol. The van der Waals surface area contributed by atoms with E-state index in [-0.39, 0.29) is 9.92 Å². The molecule has 30 heavy (non-hydrogen) atoms. The Morgan fingerprint density at radius 1 is 0.967 bits per heavy atom. The van der Waals surface area contributed by atoms with E-state index in [1.807, 2.05) is 17.5 Å². The fourth-order valence-corrected chi connectivity index (χ4v) is 7.04. The second-order valence-electron chi connectivity index (χ2n) is 6.64. The first kappa shape index (κ1) is 22.3. The quantitative estimate of drug-likeness (QED) is 0.386. The molecule has 1 aliphatic heterocycles. The predicted octanol–water partition coefficient (Wildman–Crippen LogP) is 6.04. The maximum Gasteiger partial charge on any atom is 0.244 e. The number of hydrogen-bond donors (Lipinski definition) is 0. The summed E-state index contributed by atoms with van der Waals surface area (Å²) in [6.07, 6.45) is 0. The van der Waals surface area contributed by atoms with Crippen molar-refractivity contribution >= 4 is 77.2 Å². The van der Waals surface area contributed by atoms with Crippen molar-refractivity contribution in [3.63, 3.8) is 0 Å². The molecule has 0 N–H and O–H groups in total. The molecule has 0 amide bonds. The SMILES string of the molecule is O=S(=O)(c1ccc(Br)cc1Cl)N1CCN(c2nc(-c3cc(Cl)cc(Cl)c3)cs2)CC1. The molecule has 1 saturated heterocycles. The molecule has 1 aliphatic rings. The lowest BCUT2D eigenvalue weighted by Crippen LogP contribution is -2.48. The van der Waals surface area contributed by atoms with Crippen LogP contribution in [0.1, 0.15) is 0 Å². The van der Waals surface area contributed by atoms with Gasteiger partial charge in [0, 0.05) is 51.6 Å². The molecule has 1 aromatic heterocycles. The number of benzene rings is 2. The van der Waals surface area contributed by atoms with E-state index in [0.29, 0.717) is 36.2 Å². The molecule has 0 bridgehead atoms. The van der Waals surface area contributed by atoms with E-state index in [1.54, 1.807) is 18.2 Å². The van der Waals surface area contributed by atoms with E-state index in [0.717, 1.165) is 20.9 Å². The minimum atomic E-state index is -3.65. The van der Waals surface area contributed by atoms with E-state index in [4.69, 9.17) is 34.8 Å². The second kappa shape index (κ2) is 8.94. The fraction of sp³-hybridized carbons (Fsp3) is 0.211. The average Bonchev–Trinajstić information content (AvgIpc) is 3.17. The number of anilines is 1. The van der Waals surface area contributed by atoms with Gasteiger partial charge in [-0.1, -0.05) is 50.7 Å². The molecular formula is C19H15BrCl3N3O2S2. The van der Waals surface area contributed by atoms with Crippen LogP contribution in [0.15, 0.2) is 51.1 Å². The third-order valence-electron chi connectivity index (χ3n) is 4.67. The van der Waals surface area contributed by atoms with Gasteiger partial charge >= 0.3 is 0 Å². The van der Waals surface area contributed by atoms with Gasteiger partial charge in [0.25, 0.3) is 0 Å². The van der Waals surface area contributed by atoms with Crippen LogP contribution in [-0.4, -0.2) is 43.9 Å². The van der Waals surface area contributed by atoms with Crippen molar-refractivity contribution in [1.82, 2.24) is 9.29 Å². The standard InChI is InChI=1S/C19H15BrCl3N3O2S2/c20-13-1-2-18(16(23)9-13)30(27,28)26-5-3-25(4-6-26)19-24-17(11-29-19)12-7-14(21)10-15(22)8-12/h1-2,7-11H,3-6H2. The van der Waals surface area contributed by atoms with Crippen LogP contribution in [-0.2, 0) is 10.0 Å². The topological polar surface area (TPSA) is 53.5 Å². The average molecular weight is 568 g/mol. The zero-order chi connectivity index (χ0) is 21.5. The number of halogens is 4. The number of aromatic nitrogens is 1. The van der Waals surface area contributed by atoms with Crippen molar-refractivity contribution in [2.75, 3.05) is 31.1 Å². The number of rotatable bonds is 4. The molecule has 11 heteroatoms. The molecule has 0 atom stereocenters. The third kappa shape index (κ3) is 4.65. The normalized spacial score (nSPS) is 15.5. The first-order chi connectivity index (χ1) is 14.2. The molecule has 3 aromatic rings. The van der Waals surface area contributed by atoms with Crippen LogP contribution in [0.4, 0.5) is 5.13 Å². The second-order valence-corrected chi connectivity index (χ2v) is 11.6. The summed E-state index contributed by atoms with van der Waals surface area (Å²) < 4.78 is 28.2. The zero-order valence-electron chi connectivity index (χ0n) is 15.4. The largest absolute Gasteiger partial charge is 0.345 e. The summed E-state index contributed by atoms with van der Waals surface area (Å²) in [5, 5.41) is 4.09. The van der Waals surface area contributed by atoms with E-state index in [1.165, 1.54) is 21.7 Å². The molecule has 4 rings (SSSR count). The number of nitrogens with zero attached hydrogens (tertiary/aromatic N) is 3. The first-order valence-corrected chi connectivity index (χ1v) is 13.1. The molecule has 2 aromatic carbocycles. The Hall–Kier alpha value is -0.870. The van der Waals surface area contributed by atoms with Crippen LogP contribution in [0, 0.1) is 0 Å². The Morgan fingerprint density at radius 2 is 1.63 bits per heavy atom. The Morgan fingerprint density at radius 3 is 2.27 bits per heavy atom. The summed E-state index contributed by atoms with van der Waals surface area (Å²) in [5.74, 6) is 0. The molecule has 0 aliphatic carbocycles. The minimum absolute atomic E-state index is 0.121. The molecule has 5 nitrogen and oxygen atoms in total. The number of piperazine rings is 1. The Labute approximate surface area is 202 Å². The molecule has 0 saturated carbocycles. The highest BCUT2D eigenvalue weighted by atomic mass is 79.9. The van der Waals surface area contributed by atoms with Crippen LogP contribution in [0.3, 0.4) is 0 Å². The van der Waals surface area contributed by atoms with Gasteiger partial charge in [-0.3, -0.25) is 0 Å². The Kier molecular flexibility index (Phi) is 6.65. The molecule has 1 fully saturated rings. The van der Waals surface area contributed by atoms with Gasteiger partial charge in [0.15, 0.2) is 5.13 Å². The van der Waals surface area contributed by atoms with Crippen molar-refractivity contribution in [3.8, 4) is 11.3 Å². The highest BCUT2D eigenvalue weighted by molar-refractivity contribution is 9.10. The molecule has 0 unspecified atom stereocenters. The van der Waals surface area contributed by atoms with E-state index < -0.39 is 10.0 Å². The predicted molar refractivity (Wildman–Crippen MR) is 128 cm³/mol. The van der Waals surface area contributed by atoms with Gasteiger partial charge in [-0.25, -0.2) is 13.4 Å². The number of hydrogen-bond acceptors (Lipinski definition) is 5. The molecule has 0 radical (unpaired) electrons. The fourth-order valence-electron chi connectivity index (χ4n) is 3.19. The molecule has 2 heterocycles. The highest BCUT2D eigenvalue weighted by Crippen LogP contribution is 2.33. The monoisotopic (exact) mass is 565 g/mol. The van der Waals surface area contributed by atoms with Crippen molar-refractivity contribution in [1.29, 1.82) is 0 Å². The smallest absolute Gasteiger partial charge is 0.244 e. The lowest BCUT2D eigenvalue weighted by atomic mass is 10.2. The number of sulfonamides is 1. The van der Waals surface area contributed by atoms with Crippen molar-refractivity contribution in [2.45, 2.75) is 4.90 Å². The summed E-state index contributed by atoms with van der Waals surface area (Å²) in [6.45, 7) is 1.78. The van der Waals surface area contributed by atoms with Gasteiger partial charge in [-0.2, -0.15) is 4.31 Å². The Balaban J connectivity index is 1.48. The van der Waals surface area contributed by atoms with Crippen LogP contribution >= 0.6 is 62.1 Å². The van der Waals surface area contributed by atoms with Crippen molar-refractivity contribution < 1.29 is 8.42 Å². The summed E-state index contributed by atoms with van der Waals surface area (Å²) in [4.78, 5) is 6.89. The molecule has 158 valence electrons. The van der Waals surface area contributed by atoms with Crippen molar-refractivity contribution in [3.05, 3.63) is 61.3 Å². The third-order valence-corrected chi connectivity index (χ3v) is 8.88. The van der Waals surface area contributed by atoms with Gasteiger partial charge in [0.1, 0.15) is 4.90 Å². The van der Waals surface area contributed by atoms with Crippen LogP contribution < -0.4 is 4.90 Å². The van der Waals surface area contributed by atoms with E-state index in [9.17, 15) is 8.42 Å². The minimum Gasteiger partial charge on any atom is -0.345 e. The lowest BCUT2D eigenvalue weighted by Gasteiger charge is -2.33. The number of thiazole rings is 1. The van der Waals surface area contributed by atoms with Crippen molar-refractivity contribution in [2.24, 2.45) is 0 Å². The van der Waals surface area contributed by atoms with Gasteiger partial charge in [-0.15, -0.1) is 11.3 Å². The van der Waals surface area contributed by atoms with Crippen LogP contribution in [0.25, 0.3) is 11.3 Å². The molecule has 0 spiro atoms.